The lowest BCUT2D eigenvalue weighted by Crippen LogP contribution is -2.31. The molecule has 1 atom stereocenters. The van der Waals surface area contributed by atoms with Gasteiger partial charge in [0.2, 0.25) is 0 Å². The lowest BCUT2D eigenvalue weighted by molar-refractivity contribution is 0.475. The third-order valence-electron chi connectivity index (χ3n) is 3.18. The number of nitrogens with one attached hydrogen (secondary N) is 1. The van der Waals surface area contributed by atoms with Gasteiger partial charge in [-0.05, 0) is 53.9 Å². The summed E-state index contributed by atoms with van der Waals surface area (Å²) >= 11 is 7.19. The van der Waals surface area contributed by atoms with Crippen LogP contribution in [-0.4, -0.2) is 9.78 Å². The van der Waals surface area contributed by atoms with Gasteiger partial charge in [0.1, 0.15) is 0 Å². The highest BCUT2D eigenvalue weighted by Gasteiger charge is 2.23. The van der Waals surface area contributed by atoms with E-state index >= 15 is 0 Å². The molecule has 1 heterocycles. The molecule has 0 amide bonds. The second-order valence-electron chi connectivity index (χ2n) is 5.04. The predicted molar refractivity (Wildman–Crippen MR) is 88.4 cm³/mol. The van der Waals surface area contributed by atoms with E-state index in [9.17, 15) is 0 Å². The SMILES string of the molecule is Cc1ccc(C(NN)c2c(Br)cnn2C(C)C)c(Br)c1. The van der Waals surface area contributed by atoms with Crippen molar-refractivity contribution in [3.63, 3.8) is 0 Å². The van der Waals surface area contributed by atoms with Crippen LogP contribution in [0.4, 0.5) is 0 Å². The predicted octanol–water partition coefficient (Wildman–Crippen LogP) is 3.85. The second-order valence-corrected chi connectivity index (χ2v) is 6.75. The Kier molecular flexibility index (Phi) is 5.01. The standard InChI is InChI=1S/C14H18Br2N4/c1-8(2)20-14(12(16)7-18-20)13(19-17)10-5-4-9(3)6-11(10)15/h4-8,13,19H,17H2,1-3H3. The van der Waals surface area contributed by atoms with Gasteiger partial charge in [0.15, 0.2) is 0 Å². The molecule has 0 fully saturated rings. The first-order chi connectivity index (χ1) is 9.45. The molecule has 0 bridgehead atoms. The molecule has 1 unspecified atom stereocenters. The van der Waals surface area contributed by atoms with Crippen LogP contribution in [-0.2, 0) is 0 Å². The van der Waals surface area contributed by atoms with Gasteiger partial charge in [-0.15, -0.1) is 0 Å². The number of rotatable bonds is 4. The van der Waals surface area contributed by atoms with Gasteiger partial charge in [-0.2, -0.15) is 5.10 Å². The lowest BCUT2D eigenvalue weighted by Gasteiger charge is -2.22. The van der Waals surface area contributed by atoms with Crippen molar-refractivity contribution in [2.24, 2.45) is 5.84 Å². The highest BCUT2D eigenvalue weighted by atomic mass is 79.9. The van der Waals surface area contributed by atoms with Crippen molar-refractivity contribution in [1.82, 2.24) is 15.2 Å². The zero-order valence-electron chi connectivity index (χ0n) is 11.7. The topological polar surface area (TPSA) is 55.9 Å². The van der Waals surface area contributed by atoms with Crippen LogP contribution >= 0.6 is 31.9 Å². The summed E-state index contributed by atoms with van der Waals surface area (Å²) in [7, 11) is 0. The molecule has 0 aliphatic carbocycles. The zero-order valence-corrected chi connectivity index (χ0v) is 14.9. The third-order valence-corrected chi connectivity index (χ3v) is 4.48. The Labute approximate surface area is 136 Å². The van der Waals surface area contributed by atoms with Crippen molar-refractivity contribution in [1.29, 1.82) is 0 Å². The Morgan fingerprint density at radius 2 is 1.95 bits per heavy atom. The van der Waals surface area contributed by atoms with Gasteiger partial charge in [-0.1, -0.05) is 28.1 Å². The summed E-state index contributed by atoms with van der Waals surface area (Å²) in [5.74, 6) is 5.81. The Morgan fingerprint density at radius 3 is 2.50 bits per heavy atom. The molecule has 108 valence electrons. The molecule has 4 nitrogen and oxygen atoms in total. The van der Waals surface area contributed by atoms with Crippen LogP contribution in [0.1, 0.15) is 42.8 Å². The van der Waals surface area contributed by atoms with E-state index in [-0.39, 0.29) is 12.1 Å². The number of halogens is 2. The fraction of sp³-hybridized carbons (Fsp3) is 0.357. The van der Waals surface area contributed by atoms with Gasteiger partial charge in [0.25, 0.3) is 0 Å². The minimum absolute atomic E-state index is 0.135. The smallest absolute Gasteiger partial charge is 0.0900 e. The molecule has 0 radical (unpaired) electrons. The minimum atomic E-state index is -0.135. The van der Waals surface area contributed by atoms with Crippen molar-refractivity contribution >= 4 is 31.9 Å². The monoisotopic (exact) mass is 400 g/mol. The number of aromatic nitrogens is 2. The van der Waals surface area contributed by atoms with Gasteiger partial charge in [-0.3, -0.25) is 10.5 Å². The molecular weight excluding hydrogens is 384 g/mol. The molecule has 0 aliphatic rings. The average Bonchev–Trinajstić information content (AvgIpc) is 2.75. The van der Waals surface area contributed by atoms with Crippen molar-refractivity contribution in [2.45, 2.75) is 32.9 Å². The van der Waals surface area contributed by atoms with E-state index in [2.05, 4.69) is 81.4 Å². The van der Waals surface area contributed by atoms with Crippen LogP contribution < -0.4 is 11.3 Å². The van der Waals surface area contributed by atoms with Crippen LogP contribution in [0.5, 0.6) is 0 Å². The van der Waals surface area contributed by atoms with Crippen LogP contribution in [0.2, 0.25) is 0 Å². The van der Waals surface area contributed by atoms with Crippen LogP contribution in [0, 0.1) is 6.92 Å². The number of nitrogens with two attached hydrogens (primary N) is 1. The molecule has 20 heavy (non-hydrogen) atoms. The Balaban J connectivity index is 2.55. The molecule has 0 saturated carbocycles. The molecule has 3 N–H and O–H groups in total. The Morgan fingerprint density at radius 1 is 1.25 bits per heavy atom. The molecule has 6 heteroatoms. The Bertz CT molecular complexity index is 607. The summed E-state index contributed by atoms with van der Waals surface area (Å²) in [6.45, 7) is 6.26. The van der Waals surface area contributed by atoms with E-state index in [1.165, 1.54) is 5.56 Å². The fourth-order valence-corrected chi connectivity index (χ4v) is 3.44. The molecular formula is C14H18Br2N4. The fourth-order valence-electron chi connectivity index (χ4n) is 2.21. The number of hydrogen-bond acceptors (Lipinski definition) is 3. The van der Waals surface area contributed by atoms with E-state index < -0.39 is 0 Å². The summed E-state index contributed by atoms with van der Waals surface area (Å²) in [4.78, 5) is 0. The van der Waals surface area contributed by atoms with E-state index in [4.69, 9.17) is 5.84 Å². The molecule has 1 aromatic heterocycles. The van der Waals surface area contributed by atoms with E-state index in [1.807, 2.05) is 10.9 Å². The second kappa shape index (κ2) is 6.39. The van der Waals surface area contributed by atoms with Crippen molar-refractivity contribution in [2.75, 3.05) is 0 Å². The maximum Gasteiger partial charge on any atom is 0.0900 e. The van der Waals surface area contributed by atoms with Crippen LogP contribution in [0.3, 0.4) is 0 Å². The molecule has 2 aromatic rings. The van der Waals surface area contributed by atoms with Crippen LogP contribution in [0.15, 0.2) is 33.3 Å². The highest BCUT2D eigenvalue weighted by molar-refractivity contribution is 9.10. The molecule has 1 aromatic carbocycles. The van der Waals surface area contributed by atoms with E-state index in [1.54, 1.807) is 0 Å². The zero-order chi connectivity index (χ0) is 14.9. The first-order valence-electron chi connectivity index (χ1n) is 6.40. The summed E-state index contributed by atoms with van der Waals surface area (Å²) in [6, 6.07) is 6.37. The molecule has 0 aliphatic heterocycles. The quantitative estimate of drug-likeness (QED) is 0.604. The maximum atomic E-state index is 5.81. The highest BCUT2D eigenvalue weighted by Crippen LogP contribution is 2.33. The summed E-state index contributed by atoms with van der Waals surface area (Å²) in [5, 5.41) is 4.42. The number of nitrogens with zero attached hydrogens (tertiary/aromatic N) is 2. The maximum absolute atomic E-state index is 5.81. The van der Waals surface area contributed by atoms with Gasteiger partial charge >= 0.3 is 0 Å². The van der Waals surface area contributed by atoms with Crippen LogP contribution in [0.25, 0.3) is 0 Å². The van der Waals surface area contributed by atoms with Crippen molar-refractivity contribution in [3.8, 4) is 0 Å². The first-order valence-corrected chi connectivity index (χ1v) is 7.99. The minimum Gasteiger partial charge on any atom is -0.271 e. The van der Waals surface area contributed by atoms with Gasteiger partial charge < -0.3 is 0 Å². The molecule has 0 saturated heterocycles. The van der Waals surface area contributed by atoms with Crippen molar-refractivity contribution in [3.05, 3.63) is 50.2 Å². The normalized spacial score (nSPS) is 12.9. The van der Waals surface area contributed by atoms with E-state index in [0.717, 1.165) is 20.2 Å². The molecule has 0 spiro atoms. The number of aryl methyl sites for hydroxylation is 1. The third kappa shape index (κ3) is 2.98. The summed E-state index contributed by atoms with van der Waals surface area (Å²) in [6.07, 6.45) is 1.81. The lowest BCUT2D eigenvalue weighted by atomic mass is 10.0. The number of hydrogen-bond donors (Lipinski definition) is 2. The van der Waals surface area contributed by atoms with Crippen molar-refractivity contribution < 1.29 is 0 Å². The average molecular weight is 402 g/mol. The van der Waals surface area contributed by atoms with Gasteiger partial charge in [-0.25, -0.2) is 5.43 Å². The summed E-state index contributed by atoms with van der Waals surface area (Å²) in [5.41, 5.74) is 6.20. The molecule has 2 rings (SSSR count). The number of benzene rings is 1. The van der Waals surface area contributed by atoms with E-state index in [0.29, 0.717) is 0 Å². The largest absolute Gasteiger partial charge is 0.271 e. The summed E-state index contributed by atoms with van der Waals surface area (Å²) < 4.78 is 3.95. The van der Waals surface area contributed by atoms with Gasteiger partial charge in [0, 0.05) is 10.5 Å². The Hall–Kier alpha value is -0.690. The van der Waals surface area contributed by atoms with Gasteiger partial charge in [0.05, 0.1) is 22.4 Å². The number of hydrazine groups is 1. The first kappa shape index (κ1) is 15.7.